The quantitative estimate of drug-likeness (QED) is 0.446. The van der Waals surface area contributed by atoms with Gasteiger partial charge in [0.05, 0.1) is 17.1 Å². The van der Waals surface area contributed by atoms with Gasteiger partial charge in [0.1, 0.15) is 5.75 Å². The number of ether oxygens (including phenoxy) is 2. The lowest BCUT2D eigenvalue weighted by Gasteiger charge is -2.12. The zero-order valence-electron chi connectivity index (χ0n) is 11.5. The number of nitrogens with zero attached hydrogens (tertiary/aromatic N) is 1. The number of nitro groups is 1. The van der Waals surface area contributed by atoms with Crippen molar-refractivity contribution in [3.05, 3.63) is 28.3 Å². The van der Waals surface area contributed by atoms with E-state index in [4.69, 9.17) is 9.47 Å². The standard InChI is InChI=1S/C13H20N2O4/c1-10(2)19-13-8-11(14-5-4-6-18-3)7-12(9-13)15(16)17/h7-10,14H,4-6H2,1-3H3. The third kappa shape index (κ3) is 5.56. The number of hydrogen-bond donors (Lipinski definition) is 1. The van der Waals surface area contributed by atoms with Gasteiger partial charge in [-0.3, -0.25) is 10.1 Å². The lowest BCUT2D eigenvalue weighted by molar-refractivity contribution is -0.384. The first kappa shape index (κ1) is 15.2. The second-order valence-electron chi connectivity index (χ2n) is 4.41. The molecule has 0 radical (unpaired) electrons. The van der Waals surface area contributed by atoms with Gasteiger partial charge in [-0.25, -0.2) is 0 Å². The van der Waals surface area contributed by atoms with Crippen LogP contribution in [0.15, 0.2) is 18.2 Å². The lowest BCUT2D eigenvalue weighted by atomic mass is 10.2. The molecule has 0 aliphatic carbocycles. The topological polar surface area (TPSA) is 73.6 Å². The van der Waals surface area contributed by atoms with Crippen LogP contribution in [0.3, 0.4) is 0 Å². The van der Waals surface area contributed by atoms with Crippen LogP contribution in [-0.2, 0) is 4.74 Å². The van der Waals surface area contributed by atoms with Crippen molar-refractivity contribution in [2.75, 3.05) is 25.6 Å². The van der Waals surface area contributed by atoms with Crippen LogP contribution in [0.25, 0.3) is 0 Å². The molecule has 106 valence electrons. The van der Waals surface area contributed by atoms with Crippen LogP contribution in [-0.4, -0.2) is 31.3 Å². The van der Waals surface area contributed by atoms with Gasteiger partial charge in [0.15, 0.2) is 0 Å². The Morgan fingerprint density at radius 1 is 1.37 bits per heavy atom. The van der Waals surface area contributed by atoms with Gasteiger partial charge >= 0.3 is 0 Å². The molecule has 6 nitrogen and oxygen atoms in total. The van der Waals surface area contributed by atoms with Crippen molar-refractivity contribution in [2.45, 2.75) is 26.4 Å². The summed E-state index contributed by atoms with van der Waals surface area (Å²) in [6.45, 7) is 5.10. The fourth-order valence-electron chi connectivity index (χ4n) is 1.58. The Bertz CT molecular complexity index is 421. The molecule has 0 amide bonds. The van der Waals surface area contributed by atoms with E-state index in [9.17, 15) is 10.1 Å². The maximum absolute atomic E-state index is 10.9. The van der Waals surface area contributed by atoms with Gasteiger partial charge in [-0.05, 0) is 20.3 Å². The van der Waals surface area contributed by atoms with Gasteiger partial charge in [-0.15, -0.1) is 0 Å². The third-order valence-electron chi connectivity index (χ3n) is 2.33. The molecule has 1 aromatic rings. The number of hydrogen-bond acceptors (Lipinski definition) is 5. The molecule has 0 atom stereocenters. The molecule has 1 rings (SSSR count). The average molecular weight is 268 g/mol. The Labute approximate surface area is 112 Å². The Kier molecular flexibility index (Phi) is 6.08. The molecule has 0 aromatic heterocycles. The first-order valence-electron chi connectivity index (χ1n) is 6.22. The molecule has 0 aliphatic heterocycles. The fraction of sp³-hybridized carbons (Fsp3) is 0.538. The van der Waals surface area contributed by atoms with Crippen LogP contribution < -0.4 is 10.1 Å². The van der Waals surface area contributed by atoms with E-state index < -0.39 is 4.92 Å². The molecule has 0 saturated heterocycles. The Hall–Kier alpha value is -1.82. The summed E-state index contributed by atoms with van der Waals surface area (Å²) in [6.07, 6.45) is 0.808. The molecule has 0 spiro atoms. The molecular formula is C13H20N2O4. The SMILES string of the molecule is COCCCNc1cc(OC(C)C)cc([N+](=O)[O-])c1. The highest BCUT2D eigenvalue weighted by atomic mass is 16.6. The molecule has 1 aromatic carbocycles. The smallest absolute Gasteiger partial charge is 0.275 e. The van der Waals surface area contributed by atoms with Crippen LogP contribution in [0.5, 0.6) is 5.75 Å². The van der Waals surface area contributed by atoms with E-state index in [1.807, 2.05) is 13.8 Å². The highest BCUT2D eigenvalue weighted by Crippen LogP contribution is 2.26. The molecule has 0 unspecified atom stereocenters. The van der Waals surface area contributed by atoms with E-state index in [2.05, 4.69) is 5.32 Å². The van der Waals surface area contributed by atoms with E-state index in [0.29, 0.717) is 24.6 Å². The van der Waals surface area contributed by atoms with E-state index in [-0.39, 0.29) is 11.8 Å². The van der Waals surface area contributed by atoms with Crippen molar-refractivity contribution in [1.82, 2.24) is 0 Å². The van der Waals surface area contributed by atoms with Gasteiger partial charge < -0.3 is 14.8 Å². The largest absolute Gasteiger partial charge is 0.491 e. The second kappa shape index (κ2) is 7.58. The highest BCUT2D eigenvalue weighted by molar-refractivity contribution is 5.56. The maximum atomic E-state index is 10.9. The average Bonchev–Trinajstić information content (AvgIpc) is 2.33. The van der Waals surface area contributed by atoms with E-state index in [1.165, 1.54) is 12.1 Å². The van der Waals surface area contributed by atoms with E-state index in [1.54, 1.807) is 13.2 Å². The zero-order chi connectivity index (χ0) is 14.3. The van der Waals surface area contributed by atoms with E-state index >= 15 is 0 Å². The molecule has 19 heavy (non-hydrogen) atoms. The monoisotopic (exact) mass is 268 g/mol. The van der Waals surface area contributed by atoms with Gasteiger partial charge in [0, 0.05) is 38.1 Å². The Morgan fingerprint density at radius 3 is 2.68 bits per heavy atom. The predicted octanol–water partition coefficient (Wildman–Crippen LogP) is 2.83. The summed E-state index contributed by atoms with van der Waals surface area (Å²) in [5, 5.41) is 14.0. The Morgan fingerprint density at radius 2 is 2.11 bits per heavy atom. The second-order valence-corrected chi connectivity index (χ2v) is 4.41. The predicted molar refractivity (Wildman–Crippen MR) is 73.8 cm³/mol. The number of nitrogens with one attached hydrogen (secondary N) is 1. The minimum absolute atomic E-state index is 0.0207. The number of anilines is 1. The number of rotatable bonds is 8. The first-order chi connectivity index (χ1) is 9.02. The molecule has 0 saturated carbocycles. The summed E-state index contributed by atoms with van der Waals surface area (Å²) >= 11 is 0. The normalized spacial score (nSPS) is 10.5. The molecule has 0 fully saturated rings. The van der Waals surface area contributed by atoms with Crippen molar-refractivity contribution < 1.29 is 14.4 Å². The summed E-state index contributed by atoms with van der Waals surface area (Å²) in [4.78, 5) is 10.4. The van der Waals surface area contributed by atoms with Gasteiger partial charge in [0.25, 0.3) is 5.69 Å². The number of methoxy groups -OCH3 is 1. The maximum Gasteiger partial charge on any atom is 0.275 e. The molecular weight excluding hydrogens is 248 g/mol. The first-order valence-corrected chi connectivity index (χ1v) is 6.22. The summed E-state index contributed by atoms with van der Waals surface area (Å²) < 4.78 is 10.4. The zero-order valence-corrected chi connectivity index (χ0v) is 11.5. The fourth-order valence-corrected chi connectivity index (χ4v) is 1.58. The lowest BCUT2D eigenvalue weighted by Crippen LogP contribution is -2.08. The van der Waals surface area contributed by atoms with Crippen molar-refractivity contribution in [1.29, 1.82) is 0 Å². The number of nitro benzene ring substituents is 1. The molecule has 1 N–H and O–H groups in total. The van der Waals surface area contributed by atoms with Gasteiger partial charge in [-0.2, -0.15) is 0 Å². The van der Waals surface area contributed by atoms with Crippen LogP contribution >= 0.6 is 0 Å². The van der Waals surface area contributed by atoms with Gasteiger partial charge in [0.2, 0.25) is 0 Å². The number of non-ortho nitro benzene ring substituents is 1. The van der Waals surface area contributed by atoms with Crippen LogP contribution in [0.4, 0.5) is 11.4 Å². The minimum Gasteiger partial charge on any atom is -0.491 e. The van der Waals surface area contributed by atoms with Crippen molar-refractivity contribution in [3.63, 3.8) is 0 Å². The highest BCUT2D eigenvalue weighted by Gasteiger charge is 2.11. The molecule has 6 heteroatoms. The molecule has 0 heterocycles. The molecule has 0 bridgehead atoms. The van der Waals surface area contributed by atoms with E-state index in [0.717, 1.165) is 6.42 Å². The van der Waals surface area contributed by atoms with Gasteiger partial charge in [-0.1, -0.05) is 0 Å². The van der Waals surface area contributed by atoms with Crippen LogP contribution in [0, 0.1) is 10.1 Å². The van der Waals surface area contributed by atoms with Crippen LogP contribution in [0.1, 0.15) is 20.3 Å². The summed E-state index contributed by atoms with van der Waals surface area (Å²) in [7, 11) is 1.64. The summed E-state index contributed by atoms with van der Waals surface area (Å²) in [5.41, 5.74) is 0.702. The minimum atomic E-state index is -0.423. The molecule has 0 aliphatic rings. The Balaban J connectivity index is 2.78. The van der Waals surface area contributed by atoms with Crippen molar-refractivity contribution >= 4 is 11.4 Å². The van der Waals surface area contributed by atoms with Crippen molar-refractivity contribution in [3.8, 4) is 5.75 Å². The third-order valence-corrected chi connectivity index (χ3v) is 2.33. The summed E-state index contributed by atoms with van der Waals surface area (Å²) in [6, 6.07) is 4.69. The van der Waals surface area contributed by atoms with Crippen LogP contribution in [0.2, 0.25) is 0 Å². The summed E-state index contributed by atoms with van der Waals surface area (Å²) in [5.74, 6) is 0.499. The van der Waals surface area contributed by atoms with Crippen molar-refractivity contribution in [2.24, 2.45) is 0 Å². The number of benzene rings is 1.